The highest BCUT2D eigenvalue weighted by Crippen LogP contribution is 2.25. The van der Waals surface area contributed by atoms with Gasteiger partial charge >= 0.3 is 5.97 Å². The molecule has 0 unspecified atom stereocenters. The molecule has 0 aromatic heterocycles. The highest BCUT2D eigenvalue weighted by molar-refractivity contribution is 7.89. The van der Waals surface area contributed by atoms with E-state index < -0.39 is 27.7 Å². The van der Waals surface area contributed by atoms with Gasteiger partial charge in [-0.25, -0.2) is 17.6 Å². The molecule has 0 aliphatic carbocycles. The molecular formula is C20H21FN2O5S. The van der Waals surface area contributed by atoms with Crippen molar-refractivity contribution in [2.24, 2.45) is 5.92 Å². The summed E-state index contributed by atoms with van der Waals surface area (Å²) in [6.07, 6.45) is 1.10. The van der Waals surface area contributed by atoms with Crippen LogP contribution in [-0.4, -0.2) is 44.8 Å². The molecule has 0 spiro atoms. The molecule has 2 aromatic rings. The van der Waals surface area contributed by atoms with E-state index in [1.807, 2.05) is 0 Å². The zero-order chi connectivity index (χ0) is 21.0. The van der Waals surface area contributed by atoms with Crippen LogP contribution in [-0.2, 0) is 19.6 Å². The number of nitrogens with one attached hydrogen (secondary N) is 1. The lowest BCUT2D eigenvalue weighted by Crippen LogP contribution is -2.43. The number of methoxy groups -OCH3 is 1. The van der Waals surface area contributed by atoms with Crippen LogP contribution in [0.1, 0.15) is 23.2 Å². The van der Waals surface area contributed by atoms with Crippen molar-refractivity contribution in [3.63, 3.8) is 0 Å². The third-order valence-electron chi connectivity index (χ3n) is 4.78. The largest absolute Gasteiger partial charge is 0.465 e. The predicted molar refractivity (Wildman–Crippen MR) is 104 cm³/mol. The first-order valence-electron chi connectivity index (χ1n) is 9.06. The van der Waals surface area contributed by atoms with E-state index in [2.05, 4.69) is 10.1 Å². The Morgan fingerprint density at radius 2 is 1.76 bits per heavy atom. The van der Waals surface area contributed by atoms with Crippen LogP contribution in [0.4, 0.5) is 10.1 Å². The van der Waals surface area contributed by atoms with E-state index in [-0.39, 0.29) is 17.3 Å². The molecule has 154 valence electrons. The SMILES string of the molecule is COC(=O)c1ccc(NC(=O)[C@H]2CCCN(S(=O)(=O)c3ccc(F)cc3)C2)cc1. The number of benzene rings is 2. The number of hydrogen-bond acceptors (Lipinski definition) is 5. The fourth-order valence-electron chi connectivity index (χ4n) is 3.18. The van der Waals surface area contributed by atoms with Crippen molar-refractivity contribution in [3.05, 3.63) is 59.9 Å². The van der Waals surface area contributed by atoms with E-state index in [4.69, 9.17) is 0 Å². The maximum absolute atomic E-state index is 13.1. The van der Waals surface area contributed by atoms with E-state index in [9.17, 15) is 22.4 Å². The van der Waals surface area contributed by atoms with E-state index in [0.717, 1.165) is 12.1 Å². The number of esters is 1. The van der Waals surface area contributed by atoms with Crippen LogP contribution in [0.3, 0.4) is 0 Å². The first kappa shape index (κ1) is 20.9. The Morgan fingerprint density at radius 3 is 2.38 bits per heavy atom. The van der Waals surface area contributed by atoms with Gasteiger partial charge in [0, 0.05) is 18.8 Å². The molecule has 7 nitrogen and oxygen atoms in total. The van der Waals surface area contributed by atoms with Crippen LogP contribution in [0.15, 0.2) is 53.4 Å². The average molecular weight is 420 g/mol. The Balaban J connectivity index is 1.67. The van der Waals surface area contributed by atoms with Crippen molar-refractivity contribution in [1.29, 1.82) is 0 Å². The molecule has 1 N–H and O–H groups in total. The Labute approximate surface area is 168 Å². The molecule has 1 saturated heterocycles. The summed E-state index contributed by atoms with van der Waals surface area (Å²) in [4.78, 5) is 24.1. The molecule has 0 saturated carbocycles. The molecule has 2 aromatic carbocycles. The number of hydrogen-bond donors (Lipinski definition) is 1. The Hall–Kier alpha value is -2.78. The first-order valence-corrected chi connectivity index (χ1v) is 10.5. The standard InChI is InChI=1S/C20H21FN2O5S/c1-28-20(25)14-4-8-17(9-5-14)22-19(24)15-3-2-12-23(13-15)29(26,27)18-10-6-16(21)7-11-18/h4-11,15H,2-3,12-13H2,1H3,(H,22,24)/t15-/m0/s1. The lowest BCUT2D eigenvalue weighted by Gasteiger charge is -2.31. The zero-order valence-electron chi connectivity index (χ0n) is 15.8. The maximum Gasteiger partial charge on any atom is 0.337 e. The molecule has 9 heteroatoms. The molecule has 1 heterocycles. The summed E-state index contributed by atoms with van der Waals surface area (Å²) in [5.74, 6) is -1.80. The van der Waals surface area contributed by atoms with E-state index in [1.54, 1.807) is 12.1 Å². The van der Waals surface area contributed by atoms with Crippen molar-refractivity contribution in [2.45, 2.75) is 17.7 Å². The van der Waals surface area contributed by atoms with Crippen molar-refractivity contribution in [2.75, 3.05) is 25.5 Å². The molecule has 1 aliphatic heterocycles. The minimum Gasteiger partial charge on any atom is -0.465 e. The molecule has 0 bridgehead atoms. The summed E-state index contributed by atoms with van der Waals surface area (Å²) >= 11 is 0. The second-order valence-electron chi connectivity index (χ2n) is 6.71. The molecule has 29 heavy (non-hydrogen) atoms. The number of rotatable bonds is 5. The average Bonchev–Trinajstić information content (AvgIpc) is 2.74. The summed E-state index contributed by atoms with van der Waals surface area (Å²) in [7, 11) is -2.52. The van der Waals surface area contributed by atoms with Gasteiger partial charge in [0.15, 0.2) is 0 Å². The third-order valence-corrected chi connectivity index (χ3v) is 6.66. The van der Waals surface area contributed by atoms with Crippen molar-refractivity contribution < 1.29 is 27.1 Å². The summed E-state index contributed by atoms with van der Waals surface area (Å²) in [5, 5.41) is 2.75. The van der Waals surface area contributed by atoms with Gasteiger partial charge in [-0.05, 0) is 61.4 Å². The lowest BCUT2D eigenvalue weighted by atomic mass is 9.98. The molecule has 1 fully saturated rings. The first-order chi connectivity index (χ1) is 13.8. The number of sulfonamides is 1. The van der Waals surface area contributed by atoms with Gasteiger partial charge in [0.25, 0.3) is 0 Å². The van der Waals surface area contributed by atoms with E-state index >= 15 is 0 Å². The maximum atomic E-state index is 13.1. The fourth-order valence-corrected chi connectivity index (χ4v) is 4.71. The van der Waals surface area contributed by atoms with Crippen LogP contribution in [0.5, 0.6) is 0 Å². The molecule has 1 aliphatic rings. The normalized spacial score (nSPS) is 17.5. The van der Waals surface area contributed by atoms with Gasteiger partial charge in [-0.15, -0.1) is 0 Å². The van der Waals surface area contributed by atoms with Gasteiger partial charge in [0.1, 0.15) is 5.82 Å². The van der Waals surface area contributed by atoms with Crippen molar-refractivity contribution in [3.8, 4) is 0 Å². The Morgan fingerprint density at radius 1 is 1.10 bits per heavy atom. The third kappa shape index (κ3) is 4.80. The lowest BCUT2D eigenvalue weighted by molar-refractivity contribution is -0.120. The van der Waals surface area contributed by atoms with Crippen LogP contribution in [0, 0.1) is 11.7 Å². The summed E-state index contributed by atoms with van der Waals surface area (Å²) in [6, 6.07) is 10.9. The number of anilines is 1. The van der Waals surface area contributed by atoms with Gasteiger partial charge in [-0.1, -0.05) is 0 Å². The second-order valence-corrected chi connectivity index (χ2v) is 8.65. The quantitative estimate of drug-likeness (QED) is 0.751. The summed E-state index contributed by atoms with van der Waals surface area (Å²) in [5.41, 5.74) is 0.862. The Bertz CT molecular complexity index is 991. The molecule has 1 amide bonds. The van der Waals surface area contributed by atoms with Gasteiger partial charge in [0.05, 0.1) is 23.5 Å². The van der Waals surface area contributed by atoms with Gasteiger partial charge in [-0.3, -0.25) is 4.79 Å². The number of halogens is 1. The number of amides is 1. The van der Waals surface area contributed by atoms with Crippen molar-refractivity contribution in [1.82, 2.24) is 4.31 Å². The smallest absolute Gasteiger partial charge is 0.337 e. The molecule has 0 radical (unpaired) electrons. The van der Waals surface area contributed by atoms with Crippen molar-refractivity contribution >= 4 is 27.6 Å². The predicted octanol–water partition coefficient (Wildman–Crippen LogP) is 2.65. The summed E-state index contributed by atoms with van der Waals surface area (Å²) in [6.45, 7) is 0.350. The van der Waals surface area contributed by atoms with E-state index in [0.29, 0.717) is 30.6 Å². The topological polar surface area (TPSA) is 92.8 Å². The minimum atomic E-state index is -3.80. The number of carbonyl (C=O) groups is 2. The number of ether oxygens (including phenoxy) is 1. The monoisotopic (exact) mass is 420 g/mol. The molecule has 3 rings (SSSR count). The zero-order valence-corrected chi connectivity index (χ0v) is 16.6. The highest BCUT2D eigenvalue weighted by Gasteiger charge is 2.33. The molecular weight excluding hydrogens is 399 g/mol. The second kappa shape index (κ2) is 8.71. The summed E-state index contributed by atoms with van der Waals surface area (Å²) < 4.78 is 44.5. The van der Waals surface area contributed by atoms with Gasteiger partial charge in [0.2, 0.25) is 15.9 Å². The number of carbonyl (C=O) groups excluding carboxylic acids is 2. The van der Waals surface area contributed by atoms with Gasteiger partial charge < -0.3 is 10.1 Å². The fraction of sp³-hybridized carbons (Fsp3) is 0.300. The van der Waals surface area contributed by atoms with Crippen LogP contribution in [0.2, 0.25) is 0 Å². The van der Waals surface area contributed by atoms with Crippen LogP contribution in [0.25, 0.3) is 0 Å². The number of piperidine rings is 1. The molecule has 1 atom stereocenters. The van der Waals surface area contributed by atoms with Crippen LogP contribution >= 0.6 is 0 Å². The van der Waals surface area contributed by atoms with Crippen LogP contribution < -0.4 is 5.32 Å². The highest BCUT2D eigenvalue weighted by atomic mass is 32.2. The number of nitrogens with zero attached hydrogens (tertiary/aromatic N) is 1. The van der Waals surface area contributed by atoms with E-state index in [1.165, 1.54) is 35.7 Å². The van der Waals surface area contributed by atoms with Gasteiger partial charge in [-0.2, -0.15) is 4.31 Å². The minimum absolute atomic E-state index is 0.00152. The Kier molecular flexibility index (Phi) is 6.29.